The molecule has 1 N–H and O–H groups in total. The summed E-state index contributed by atoms with van der Waals surface area (Å²) < 4.78 is 63.6. The number of nitrogens with one attached hydrogen (secondary N) is 1. The van der Waals surface area contributed by atoms with Gasteiger partial charge in [-0.1, -0.05) is 12.1 Å². The van der Waals surface area contributed by atoms with Crippen LogP contribution in [-0.2, 0) is 6.18 Å². The Kier molecular flexibility index (Phi) is 2.93. The Bertz CT molecular complexity index is 764. The van der Waals surface area contributed by atoms with E-state index >= 15 is 0 Å². The number of halogens is 5. The Morgan fingerprint density at radius 1 is 0.905 bits per heavy atom. The zero-order valence-electron chi connectivity index (χ0n) is 10.3. The number of aromatic amines is 1. The maximum Gasteiger partial charge on any atom is 0.416 e. The first-order valence-electron chi connectivity index (χ1n) is 5.87. The number of rotatable bonds is 1. The number of benzene rings is 2. The Morgan fingerprint density at radius 3 is 2.14 bits per heavy atom. The lowest BCUT2D eigenvalue weighted by molar-refractivity contribution is -0.137. The fourth-order valence-electron chi connectivity index (χ4n) is 1.96. The van der Waals surface area contributed by atoms with Crippen LogP contribution >= 0.6 is 0 Å². The fourth-order valence-corrected chi connectivity index (χ4v) is 1.96. The van der Waals surface area contributed by atoms with Crippen LogP contribution in [0.5, 0.6) is 0 Å². The van der Waals surface area contributed by atoms with Crippen LogP contribution in [0.1, 0.15) is 5.56 Å². The summed E-state index contributed by atoms with van der Waals surface area (Å²) in [6.45, 7) is 0. The van der Waals surface area contributed by atoms with Gasteiger partial charge in [-0.05, 0) is 12.1 Å². The number of nitrogens with zero attached hydrogens (tertiary/aromatic N) is 1. The van der Waals surface area contributed by atoms with E-state index in [9.17, 15) is 22.0 Å². The SMILES string of the molecule is Fc1cc2nc(-c3ccc(C(F)(F)F)cc3)[nH]c2cc1F. The van der Waals surface area contributed by atoms with Crippen LogP contribution in [0.25, 0.3) is 22.4 Å². The summed E-state index contributed by atoms with van der Waals surface area (Å²) in [6, 6.07) is 6.20. The van der Waals surface area contributed by atoms with Crippen LogP contribution in [0.2, 0.25) is 0 Å². The molecule has 0 spiro atoms. The number of aromatic nitrogens is 2. The lowest BCUT2D eigenvalue weighted by atomic mass is 10.1. The molecule has 21 heavy (non-hydrogen) atoms. The van der Waals surface area contributed by atoms with Gasteiger partial charge in [0.15, 0.2) is 11.6 Å². The van der Waals surface area contributed by atoms with E-state index in [1.807, 2.05) is 0 Å². The van der Waals surface area contributed by atoms with E-state index in [2.05, 4.69) is 9.97 Å². The second-order valence-corrected chi connectivity index (χ2v) is 4.44. The summed E-state index contributed by atoms with van der Waals surface area (Å²) in [5, 5.41) is 0. The number of hydrogen-bond acceptors (Lipinski definition) is 1. The maximum absolute atomic E-state index is 13.1. The largest absolute Gasteiger partial charge is 0.416 e. The van der Waals surface area contributed by atoms with E-state index < -0.39 is 23.4 Å². The zero-order valence-corrected chi connectivity index (χ0v) is 10.3. The molecule has 0 saturated heterocycles. The molecule has 0 radical (unpaired) electrons. The van der Waals surface area contributed by atoms with Crippen molar-refractivity contribution >= 4 is 11.0 Å². The molecular weight excluding hydrogens is 291 g/mol. The van der Waals surface area contributed by atoms with Crippen molar-refractivity contribution in [3.63, 3.8) is 0 Å². The van der Waals surface area contributed by atoms with Crippen LogP contribution in [0, 0.1) is 11.6 Å². The molecule has 1 heterocycles. The van der Waals surface area contributed by atoms with Crippen LogP contribution in [-0.4, -0.2) is 9.97 Å². The Labute approximate surface area is 115 Å². The molecule has 0 amide bonds. The van der Waals surface area contributed by atoms with Crippen LogP contribution < -0.4 is 0 Å². The van der Waals surface area contributed by atoms with Gasteiger partial charge < -0.3 is 4.98 Å². The van der Waals surface area contributed by atoms with Crippen LogP contribution in [0.4, 0.5) is 22.0 Å². The van der Waals surface area contributed by atoms with E-state index in [1.165, 1.54) is 12.1 Å². The van der Waals surface area contributed by atoms with Crippen LogP contribution in [0.3, 0.4) is 0 Å². The van der Waals surface area contributed by atoms with Crippen molar-refractivity contribution in [1.82, 2.24) is 9.97 Å². The van der Waals surface area contributed by atoms with Gasteiger partial charge in [-0.3, -0.25) is 0 Å². The van der Waals surface area contributed by atoms with E-state index in [0.717, 1.165) is 24.3 Å². The molecule has 0 saturated carbocycles. The van der Waals surface area contributed by atoms with Gasteiger partial charge in [0.2, 0.25) is 0 Å². The van der Waals surface area contributed by atoms with Gasteiger partial charge in [0.25, 0.3) is 0 Å². The Morgan fingerprint density at radius 2 is 1.52 bits per heavy atom. The minimum atomic E-state index is -4.42. The van der Waals surface area contributed by atoms with Gasteiger partial charge in [-0.2, -0.15) is 13.2 Å². The number of alkyl halides is 3. The minimum absolute atomic E-state index is 0.198. The van der Waals surface area contributed by atoms with Crippen molar-refractivity contribution in [2.24, 2.45) is 0 Å². The Balaban J connectivity index is 2.04. The van der Waals surface area contributed by atoms with Crippen molar-refractivity contribution in [2.75, 3.05) is 0 Å². The summed E-state index contributed by atoms with van der Waals surface area (Å²) in [4.78, 5) is 6.77. The van der Waals surface area contributed by atoms with Gasteiger partial charge in [0.05, 0.1) is 16.6 Å². The number of H-pyrrole nitrogens is 1. The molecule has 7 heteroatoms. The van der Waals surface area contributed by atoms with Crippen molar-refractivity contribution in [1.29, 1.82) is 0 Å². The van der Waals surface area contributed by atoms with Crippen molar-refractivity contribution < 1.29 is 22.0 Å². The molecule has 0 unspecified atom stereocenters. The quantitative estimate of drug-likeness (QED) is 0.657. The summed E-state index contributed by atoms with van der Waals surface area (Å²) in [7, 11) is 0. The second kappa shape index (κ2) is 4.54. The van der Waals surface area contributed by atoms with E-state index in [-0.39, 0.29) is 16.9 Å². The smallest absolute Gasteiger partial charge is 0.338 e. The van der Waals surface area contributed by atoms with Crippen LogP contribution in [0.15, 0.2) is 36.4 Å². The van der Waals surface area contributed by atoms with Gasteiger partial charge in [0, 0.05) is 17.7 Å². The van der Waals surface area contributed by atoms with E-state index in [0.29, 0.717) is 5.56 Å². The van der Waals surface area contributed by atoms with Crippen molar-refractivity contribution in [3.05, 3.63) is 53.6 Å². The average molecular weight is 298 g/mol. The normalized spacial score (nSPS) is 12.0. The molecule has 0 bridgehead atoms. The first-order chi connectivity index (χ1) is 9.84. The highest BCUT2D eigenvalue weighted by Crippen LogP contribution is 2.31. The van der Waals surface area contributed by atoms with Gasteiger partial charge in [-0.15, -0.1) is 0 Å². The highest BCUT2D eigenvalue weighted by molar-refractivity contribution is 5.79. The molecule has 2 aromatic carbocycles. The predicted octanol–water partition coefficient (Wildman–Crippen LogP) is 4.53. The Hall–Kier alpha value is -2.44. The molecule has 108 valence electrons. The fraction of sp³-hybridized carbons (Fsp3) is 0.0714. The highest BCUT2D eigenvalue weighted by atomic mass is 19.4. The summed E-state index contributed by atoms with van der Waals surface area (Å²) in [5.41, 5.74) is 0.0760. The lowest BCUT2D eigenvalue weighted by Gasteiger charge is -2.06. The molecule has 3 aromatic rings. The van der Waals surface area contributed by atoms with Gasteiger partial charge in [-0.25, -0.2) is 13.8 Å². The summed E-state index contributed by atoms with van der Waals surface area (Å²) >= 11 is 0. The monoisotopic (exact) mass is 298 g/mol. The first-order valence-corrected chi connectivity index (χ1v) is 5.87. The molecule has 0 fully saturated rings. The third kappa shape index (κ3) is 2.46. The van der Waals surface area contributed by atoms with Gasteiger partial charge in [0.1, 0.15) is 5.82 Å². The molecule has 2 nitrogen and oxygen atoms in total. The van der Waals surface area contributed by atoms with Crippen molar-refractivity contribution in [3.8, 4) is 11.4 Å². The summed E-state index contributed by atoms with van der Waals surface area (Å²) in [6.07, 6.45) is -4.42. The van der Waals surface area contributed by atoms with Crippen molar-refractivity contribution in [2.45, 2.75) is 6.18 Å². The molecule has 0 aliphatic heterocycles. The third-order valence-corrected chi connectivity index (χ3v) is 3.01. The lowest BCUT2D eigenvalue weighted by Crippen LogP contribution is -2.04. The van der Waals surface area contributed by atoms with Gasteiger partial charge >= 0.3 is 6.18 Å². The molecular formula is C14H7F5N2. The molecule has 0 aliphatic carbocycles. The molecule has 1 aromatic heterocycles. The molecule has 0 atom stereocenters. The maximum atomic E-state index is 13.1. The summed E-state index contributed by atoms with van der Waals surface area (Å²) in [5.74, 6) is -1.82. The standard InChI is InChI=1S/C14H7F5N2/c15-9-5-11-12(6-10(9)16)21-13(20-11)7-1-3-8(4-2-7)14(17,18)19/h1-6H,(H,20,21). The molecule has 3 rings (SSSR count). The number of hydrogen-bond donors (Lipinski definition) is 1. The zero-order chi connectivity index (χ0) is 15.2. The number of imidazole rings is 1. The van der Waals surface area contributed by atoms with E-state index in [1.54, 1.807) is 0 Å². The topological polar surface area (TPSA) is 28.7 Å². The first kappa shape index (κ1) is 13.5. The molecule has 0 aliphatic rings. The average Bonchev–Trinajstić information content (AvgIpc) is 2.81. The predicted molar refractivity (Wildman–Crippen MR) is 66.4 cm³/mol. The highest BCUT2D eigenvalue weighted by Gasteiger charge is 2.30. The third-order valence-electron chi connectivity index (χ3n) is 3.01. The number of fused-ring (bicyclic) bond motifs is 1. The van der Waals surface area contributed by atoms with E-state index in [4.69, 9.17) is 0 Å². The minimum Gasteiger partial charge on any atom is -0.338 e. The second-order valence-electron chi connectivity index (χ2n) is 4.44.